The predicted octanol–water partition coefficient (Wildman–Crippen LogP) is 2.75. The van der Waals surface area contributed by atoms with E-state index in [1.165, 1.54) is 0 Å². The number of nitrogen functional groups attached to an aromatic ring is 1. The van der Waals surface area contributed by atoms with Gasteiger partial charge in [-0.05, 0) is 31.9 Å². The van der Waals surface area contributed by atoms with Crippen molar-refractivity contribution in [1.82, 2.24) is 0 Å². The molecule has 2 heteroatoms. The van der Waals surface area contributed by atoms with Gasteiger partial charge in [0.15, 0.2) is 0 Å². The lowest BCUT2D eigenvalue weighted by Gasteiger charge is -2.15. The Morgan fingerprint density at radius 3 is 2.77 bits per heavy atom. The van der Waals surface area contributed by atoms with Crippen molar-refractivity contribution in [3.63, 3.8) is 0 Å². The minimum absolute atomic E-state index is 0.226. The number of anilines is 1. The normalized spacial score (nSPS) is 12.5. The first kappa shape index (κ1) is 9.90. The molecule has 72 valence electrons. The molecule has 0 heterocycles. The fourth-order valence-corrected chi connectivity index (χ4v) is 1.06. The fraction of sp³-hybridized carbons (Fsp3) is 0.455. The van der Waals surface area contributed by atoms with Crippen LogP contribution in [0.3, 0.4) is 0 Å². The number of nitrogens with two attached hydrogens (primary N) is 1. The maximum Gasteiger partial charge on any atom is 0.142 e. The summed E-state index contributed by atoms with van der Waals surface area (Å²) in [5.74, 6) is 0.800. The molecule has 0 saturated heterocycles. The van der Waals surface area contributed by atoms with Crippen LogP contribution in [0.2, 0.25) is 0 Å². The van der Waals surface area contributed by atoms with E-state index in [4.69, 9.17) is 10.5 Å². The molecule has 0 aliphatic heterocycles. The van der Waals surface area contributed by atoms with E-state index in [0.717, 1.165) is 23.4 Å². The molecule has 2 nitrogen and oxygen atoms in total. The molecule has 1 aromatic rings. The molecule has 0 saturated carbocycles. The molecule has 1 rings (SSSR count). The fourth-order valence-electron chi connectivity index (χ4n) is 1.06. The number of rotatable bonds is 3. The quantitative estimate of drug-likeness (QED) is 0.724. The summed E-state index contributed by atoms with van der Waals surface area (Å²) in [6.07, 6.45) is 1.22. The van der Waals surface area contributed by atoms with E-state index in [1.54, 1.807) is 0 Å². The first-order valence-electron chi connectivity index (χ1n) is 4.67. The maximum absolute atomic E-state index is 5.86. The standard InChI is InChI=1S/C11H17NO/c1-4-9(3)13-10-7-5-6-8(2)11(10)12/h5-7,9H,4,12H2,1-3H3. The predicted molar refractivity (Wildman–Crippen MR) is 56.0 cm³/mol. The molecule has 0 bridgehead atoms. The zero-order valence-electron chi connectivity index (χ0n) is 8.50. The summed E-state index contributed by atoms with van der Waals surface area (Å²) in [6, 6.07) is 5.86. The maximum atomic E-state index is 5.86. The van der Waals surface area contributed by atoms with Gasteiger partial charge in [-0.3, -0.25) is 0 Å². The molecule has 0 radical (unpaired) electrons. The Balaban J connectivity index is 2.83. The lowest BCUT2D eigenvalue weighted by atomic mass is 10.2. The van der Waals surface area contributed by atoms with Gasteiger partial charge in [0.2, 0.25) is 0 Å². The summed E-state index contributed by atoms with van der Waals surface area (Å²) in [6.45, 7) is 6.12. The Morgan fingerprint density at radius 1 is 1.46 bits per heavy atom. The molecular weight excluding hydrogens is 162 g/mol. The third-order valence-electron chi connectivity index (χ3n) is 2.19. The highest BCUT2D eigenvalue weighted by molar-refractivity contribution is 5.57. The summed E-state index contributed by atoms with van der Waals surface area (Å²) in [5.41, 5.74) is 7.68. The van der Waals surface area contributed by atoms with Crippen molar-refractivity contribution in [3.8, 4) is 5.75 Å². The molecule has 0 fully saturated rings. The second-order valence-corrected chi connectivity index (χ2v) is 3.32. The summed E-state index contributed by atoms with van der Waals surface area (Å²) in [4.78, 5) is 0. The number of ether oxygens (including phenoxy) is 1. The highest BCUT2D eigenvalue weighted by Crippen LogP contribution is 2.25. The zero-order chi connectivity index (χ0) is 9.84. The minimum atomic E-state index is 0.226. The Hall–Kier alpha value is -1.18. The van der Waals surface area contributed by atoms with E-state index in [-0.39, 0.29) is 6.10 Å². The van der Waals surface area contributed by atoms with Gasteiger partial charge < -0.3 is 10.5 Å². The van der Waals surface area contributed by atoms with Crippen LogP contribution in [-0.2, 0) is 0 Å². The molecule has 0 aliphatic rings. The van der Waals surface area contributed by atoms with E-state index >= 15 is 0 Å². The van der Waals surface area contributed by atoms with Gasteiger partial charge in [0.25, 0.3) is 0 Å². The van der Waals surface area contributed by atoms with Crippen LogP contribution in [-0.4, -0.2) is 6.10 Å². The van der Waals surface area contributed by atoms with Crippen molar-refractivity contribution in [2.75, 3.05) is 5.73 Å². The average Bonchev–Trinajstić information content (AvgIpc) is 2.13. The van der Waals surface area contributed by atoms with Crippen molar-refractivity contribution in [2.24, 2.45) is 0 Å². The largest absolute Gasteiger partial charge is 0.489 e. The van der Waals surface area contributed by atoms with Crippen LogP contribution in [0.25, 0.3) is 0 Å². The Morgan fingerprint density at radius 2 is 2.15 bits per heavy atom. The van der Waals surface area contributed by atoms with Gasteiger partial charge in [0.1, 0.15) is 5.75 Å². The summed E-state index contributed by atoms with van der Waals surface area (Å²) < 4.78 is 5.65. The van der Waals surface area contributed by atoms with Crippen LogP contribution in [0.1, 0.15) is 25.8 Å². The Kier molecular flexibility index (Phi) is 3.18. The summed E-state index contributed by atoms with van der Waals surface area (Å²) in [7, 11) is 0. The third-order valence-corrected chi connectivity index (χ3v) is 2.19. The molecule has 0 amide bonds. The van der Waals surface area contributed by atoms with Gasteiger partial charge in [-0.2, -0.15) is 0 Å². The number of aryl methyl sites for hydroxylation is 1. The SMILES string of the molecule is CCC(C)Oc1cccc(C)c1N. The molecular formula is C11H17NO. The average molecular weight is 179 g/mol. The lowest BCUT2D eigenvalue weighted by molar-refractivity contribution is 0.218. The van der Waals surface area contributed by atoms with Crippen LogP contribution in [0, 0.1) is 6.92 Å². The van der Waals surface area contributed by atoms with E-state index in [1.807, 2.05) is 32.0 Å². The third kappa shape index (κ3) is 2.38. The molecule has 0 aromatic heterocycles. The number of para-hydroxylation sites is 1. The van der Waals surface area contributed by atoms with Crippen LogP contribution in [0.5, 0.6) is 5.75 Å². The molecule has 1 atom stereocenters. The monoisotopic (exact) mass is 179 g/mol. The van der Waals surface area contributed by atoms with E-state index in [2.05, 4.69) is 6.92 Å². The molecule has 2 N–H and O–H groups in total. The molecule has 1 unspecified atom stereocenters. The topological polar surface area (TPSA) is 35.2 Å². The van der Waals surface area contributed by atoms with Gasteiger partial charge in [0, 0.05) is 0 Å². The second-order valence-electron chi connectivity index (χ2n) is 3.32. The molecule has 0 aliphatic carbocycles. The van der Waals surface area contributed by atoms with Crippen molar-refractivity contribution in [3.05, 3.63) is 23.8 Å². The minimum Gasteiger partial charge on any atom is -0.489 e. The van der Waals surface area contributed by atoms with Crippen LogP contribution >= 0.6 is 0 Å². The van der Waals surface area contributed by atoms with Gasteiger partial charge in [-0.1, -0.05) is 19.1 Å². The molecule has 0 spiro atoms. The Labute approximate surface area is 79.7 Å². The van der Waals surface area contributed by atoms with E-state index in [0.29, 0.717) is 0 Å². The van der Waals surface area contributed by atoms with Crippen LogP contribution in [0.15, 0.2) is 18.2 Å². The summed E-state index contributed by atoms with van der Waals surface area (Å²) in [5, 5.41) is 0. The smallest absolute Gasteiger partial charge is 0.142 e. The van der Waals surface area contributed by atoms with Gasteiger partial charge in [0.05, 0.1) is 11.8 Å². The lowest BCUT2D eigenvalue weighted by Crippen LogP contribution is -2.11. The number of benzene rings is 1. The number of hydrogen-bond acceptors (Lipinski definition) is 2. The van der Waals surface area contributed by atoms with Gasteiger partial charge in [-0.15, -0.1) is 0 Å². The van der Waals surface area contributed by atoms with Crippen molar-refractivity contribution in [2.45, 2.75) is 33.3 Å². The molecule has 13 heavy (non-hydrogen) atoms. The number of hydrogen-bond donors (Lipinski definition) is 1. The second kappa shape index (κ2) is 4.17. The highest BCUT2D eigenvalue weighted by Gasteiger charge is 2.05. The first-order chi connectivity index (χ1) is 6.15. The van der Waals surface area contributed by atoms with Gasteiger partial charge >= 0.3 is 0 Å². The van der Waals surface area contributed by atoms with Crippen molar-refractivity contribution >= 4 is 5.69 Å². The van der Waals surface area contributed by atoms with Crippen LogP contribution < -0.4 is 10.5 Å². The first-order valence-corrected chi connectivity index (χ1v) is 4.67. The van der Waals surface area contributed by atoms with Gasteiger partial charge in [-0.25, -0.2) is 0 Å². The molecule has 1 aromatic carbocycles. The van der Waals surface area contributed by atoms with E-state index < -0.39 is 0 Å². The highest BCUT2D eigenvalue weighted by atomic mass is 16.5. The van der Waals surface area contributed by atoms with Crippen molar-refractivity contribution < 1.29 is 4.74 Å². The zero-order valence-corrected chi connectivity index (χ0v) is 8.50. The Bertz CT molecular complexity index is 283. The van der Waals surface area contributed by atoms with Crippen molar-refractivity contribution in [1.29, 1.82) is 0 Å². The summed E-state index contributed by atoms with van der Waals surface area (Å²) >= 11 is 0. The van der Waals surface area contributed by atoms with E-state index in [9.17, 15) is 0 Å². The van der Waals surface area contributed by atoms with Crippen LogP contribution in [0.4, 0.5) is 5.69 Å².